The topological polar surface area (TPSA) is 50.4 Å². The van der Waals surface area contributed by atoms with Gasteiger partial charge in [-0.05, 0) is 31.5 Å². The zero-order valence-corrected chi connectivity index (χ0v) is 10.8. The van der Waals surface area contributed by atoms with Gasteiger partial charge in [-0.3, -0.25) is 4.79 Å². The molecule has 0 radical (unpaired) electrons. The number of nitrogens with one attached hydrogen (secondary N) is 2. The molecule has 1 fully saturated rings. The minimum absolute atomic E-state index is 0. The lowest BCUT2D eigenvalue weighted by atomic mass is 10.2. The van der Waals surface area contributed by atoms with E-state index >= 15 is 0 Å². The molecule has 0 saturated carbocycles. The molecule has 0 spiro atoms. The van der Waals surface area contributed by atoms with E-state index in [1.807, 2.05) is 0 Å². The Bertz CT molecular complexity index is 423. The highest BCUT2D eigenvalue weighted by Gasteiger charge is 2.22. The van der Waals surface area contributed by atoms with E-state index in [0.29, 0.717) is 5.75 Å². The summed E-state index contributed by atoms with van der Waals surface area (Å²) in [5.41, 5.74) is 0.156. The fraction of sp³-hybridized carbons (Fsp3) is 0.417. The van der Waals surface area contributed by atoms with Gasteiger partial charge in [0.25, 0.3) is 0 Å². The van der Waals surface area contributed by atoms with E-state index in [1.165, 1.54) is 25.3 Å². The van der Waals surface area contributed by atoms with Crippen LogP contribution in [-0.2, 0) is 4.79 Å². The van der Waals surface area contributed by atoms with Crippen LogP contribution >= 0.6 is 12.4 Å². The van der Waals surface area contributed by atoms with Crippen molar-refractivity contribution in [3.63, 3.8) is 0 Å². The number of hydrogen-bond donors (Lipinski definition) is 2. The number of ether oxygens (including phenoxy) is 1. The van der Waals surface area contributed by atoms with Crippen molar-refractivity contribution in [2.75, 3.05) is 19.0 Å². The normalized spacial score (nSPS) is 18.0. The molecular weight excluding hydrogens is 259 g/mol. The Balaban J connectivity index is 0.00000162. The summed E-state index contributed by atoms with van der Waals surface area (Å²) >= 11 is 0. The summed E-state index contributed by atoms with van der Waals surface area (Å²) in [4.78, 5) is 11.8. The molecule has 6 heteroatoms. The maximum atomic E-state index is 13.5. The van der Waals surface area contributed by atoms with Crippen LogP contribution in [0.15, 0.2) is 18.2 Å². The predicted octanol–water partition coefficient (Wildman–Crippen LogP) is 1.95. The molecule has 1 heterocycles. The monoisotopic (exact) mass is 274 g/mol. The smallest absolute Gasteiger partial charge is 0.241 e. The number of benzene rings is 1. The van der Waals surface area contributed by atoms with Gasteiger partial charge in [0.15, 0.2) is 0 Å². The highest BCUT2D eigenvalue weighted by molar-refractivity contribution is 5.95. The highest BCUT2D eigenvalue weighted by Crippen LogP contribution is 2.21. The molecule has 1 amide bonds. The van der Waals surface area contributed by atoms with Crippen molar-refractivity contribution >= 4 is 24.0 Å². The van der Waals surface area contributed by atoms with E-state index in [-0.39, 0.29) is 30.0 Å². The fourth-order valence-electron chi connectivity index (χ4n) is 1.86. The number of anilines is 1. The second-order valence-corrected chi connectivity index (χ2v) is 3.98. The Hall–Kier alpha value is -1.33. The average Bonchev–Trinajstić information content (AvgIpc) is 2.85. The van der Waals surface area contributed by atoms with Crippen molar-refractivity contribution in [3.8, 4) is 5.75 Å². The van der Waals surface area contributed by atoms with E-state index in [2.05, 4.69) is 10.6 Å². The number of hydrogen-bond acceptors (Lipinski definition) is 3. The van der Waals surface area contributed by atoms with Gasteiger partial charge in [0, 0.05) is 6.07 Å². The second-order valence-electron chi connectivity index (χ2n) is 3.98. The van der Waals surface area contributed by atoms with Gasteiger partial charge in [0.1, 0.15) is 11.6 Å². The molecule has 100 valence electrons. The molecule has 1 aromatic rings. The molecule has 0 unspecified atom stereocenters. The molecule has 4 nitrogen and oxygen atoms in total. The first-order valence-corrected chi connectivity index (χ1v) is 5.58. The van der Waals surface area contributed by atoms with Gasteiger partial charge in [0.2, 0.25) is 5.91 Å². The zero-order chi connectivity index (χ0) is 12.3. The zero-order valence-electron chi connectivity index (χ0n) is 10.0. The Kier molecular flexibility index (Phi) is 5.37. The molecule has 0 aromatic heterocycles. The van der Waals surface area contributed by atoms with Gasteiger partial charge in [-0.2, -0.15) is 0 Å². The average molecular weight is 275 g/mol. The summed E-state index contributed by atoms with van der Waals surface area (Å²) < 4.78 is 18.4. The Labute approximate surface area is 111 Å². The van der Waals surface area contributed by atoms with Crippen LogP contribution < -0.4 is 15.4 Å². The van der Waals surface area contributed by atoms with Gasteiger partial charge < -0.3 is 15.4 Å². The number of carbonyl (C=O) groups is 1. The molecule has 2 rings (SSSR count). The molecule has 1 aliphatic rings. The second kappa shape index (κ2) is 6.56. The van der Waals surface area contributed by atoms with E-state index in [9.17, 15) is 9.18 Å². The van der Waals surface area contributed by atoms with Crippen molar-refractivity contribution in [1.82, 2.24) is 5.32 Å². The van der Waals surface area contributed by atoms with E-state index in [4.69, 9.17) is 4.74 Å². The highest BCUT2D eigenvalue weighted by atomic mass is 35.5. The van der Waals surface area contributed by atoms with E-state index in [0.717, 1.165) is 19.4 Å². The van der Waals surface area contributed by atoms with Gasteiger partial charge >= 0.3 is 0 Å². The molecular formula is C12H16ClFN2O2. The third-order valence-corrected chi connectivity index (χ3v) is 2.81. The molecule has 1 atom stereocenters. The number of amides is 1. The van der Waals surface area contributed by atoms with Crippen LogP contribution in [-0.4, -0.2) is 25.6 Å². The number of halogens is 2. The summed E-state index contributed by atoms with van der Waals surface area (Å²) in [6, 6.07) is 4.04. The first kappa shape index (κ1) is 14.7. The summed E-state index contributed by atoms with van der Waals surface area (Å²) in [5, 5.41) is 5.63. The summed E-state index contributed by atoms with van der Waals surface area (Å²) in [5.74, 6) is -0.145. The van der Waals surface area contributed by atoms with Gasteiger partial charge in [0.05, 0.1) is 18.8 Å². The number of carbonyl (C=O) groups excluding carboxylic acids is 1. The Morgan fingerprint density at radius 1 is 1.56 bits per heavy atom. The molecule has 1 saturated heterocycles. The van der Waals surface area contributed by atoms with Crippen molar-refractivity contribution in [2.45, 2.75) is 18.9 Å². The maximum absolute atomic E-state index is 13.5. The molecule has 2 N–H and O–H groups in total. The Morgan fingerprint density at radius 2 is 2.33 bits per heavy atom. The summed E-state index contributed by atoms with van der Waals surface area (Å²) in [7, 11) is 1.50. The van der Waals surface area contributed by atoms with Crippen LogP contribution in [0.25, 0.3) is 0 Å². The van der Waals surface area contributed by atoms with Gasteiger partial charge in [-0.25, -0.2) is 4.39 Å². The van der Waals surface area contributed by atoms with Crippen LogP contribution in [0.3, 0.4) is 0 Å². The number of methoxy groups -OCH3 is 1. The van der Waals surface area contributed by atoms with Crippen LogP contribution in [0.5, 0.6) is 5.75 Å². The molecule has 18 heavy (non-hydrogen) atoms. The summed E-state index contributed by atoms with van der Waals surface area (Å²) in [6.07, 6.45) is 1.76. The van der Waals surface area contributed by atoms with Crippen LogP contribution in [0.1, 0.15) is 12.8 Å². The Morgan fingerprint density at radius 3 is 2.94 bits per heavy atom. The SMILES string of the molecule is COc1ccc(F)c(NC(=O)[C@@H]2CCCN2)c1.Cl. The standard InChI is InChI=1S/C12H15FN2O2.ClH/c1-17-8-4-5-9(13)11(7-8)15-12(16)10-3-2-6-14-10;/h4-5,7,10,14H,2-3,6H2,1H3,(H,15,16);1H/t10-;/m0./s1. The van der Waals surface area contributed by atoms with Crippen LogP contribution in [0.4, 0.5) is 10.1 Å². The maximum Gasteiger partial charge on any atom is 0.241 e. The van der Waals surface area contributed by atoms with Crippen LogP contribution in [0, 0.1) is 5.82 Å². The predicted molar refractivity (Wildman–Crippen MR) is 69.9 cm³/mol. The largest absolute Gasteiger partial charge is 0.497 e. The van der Waals surface area contributed by atoms with Gasteiger partial charge in [-0.15, -0.1) is 12.4 Å². The van der Waals surface area contributed by atoms with Crippen molar-refractivity contribution in [3.05, 3.63) is 24.0 Å². The van der Waals surface area contributed by atoms with Crippen LogP contribution in [0.2, 0.25) is 0 Å². The van der Waals surface area contributed by atoms with Crippen molar-refractivity contribution in [2.24, 2.45) is 0 Å². The minimum Gasteiger partial charge on any atom is -0.497 e. The van der Waals surface area contributed by atoms with E-state index < -0.39 is 5.82 Å². The first-order valence-electron chi connectivity index (χ1n) is 5.58. The molecule has 0 aliphatic carbocycles. The lowest BCUT2D eigenvalue weighted by Crippen LogP contribution is -2.35. The third-order valence-electron chi connectivity index (χ3n) is 2.81. The summed E-state index contributed by atoms with van der Waals surface area (Å²) in [6.45, 7) is 0.832. The van der Waals surface area contributed by atoms with Crippen molar-refractivity contribution in [1.29, 1.82) is 0 Å². The molecule has 1 aromatic carbocycles. The fourth-order valence-corrected chi connectivity index (χ4v) is 1.86. The first-order chi connectivity index (χ1) is 8.20. The molecule has 1 aliphatic heterocycles. The van der Waals surface area contributed by atoms with E-state index in [1.54, 1.807) is 0 Å². The lowest BCUT2D eigenvalue weighted by molar-refractivity contribution is -0.117. The number of rotatable bonds is 3. The third kappa shape index (κ3) is 3.34. The lowest BCUT2D eigenvalue weighted by Gasteiger charge is -2.12. The minimum atomic E-state index is -0.461. The van der Waals surface area contributed by atoms with Crippen molar-refractivity contribution < 1.29 is 13.9 Å². The molecule has 0 bridgehead atoms. The quantitative estimate of drug-likeness (QED) is 0.886. The van der Waals surface area contributed by atoms with Gasteiger partial charge in [-0.1, -0.05) is 0 Å².